The minimum absolute atomic E-state index is 0.570. The largest absolute Gasteiger partial charge is 0.382 e. The number of hydrogen-bond donors (Lipinski definition) is 1. The third-order valence-corrected chi connectivity index (χ3v) is 4.68. The van der Waals surface area contributed by atoms with Gasteiger partial charge in [0.1, 0.15) is 11.4 Å². The molecule has 3 nitrogen and oxygen atoms in total. The topological polar surface area (TPSA) is 38.0 Å². The molecule has 3 heteroatoms. The van der Waals surface area contributed by atoms with E-state index in [9.17, 15) is 5.11 Å². The van der Waals surface area contributed by atoms with Crippen molar-refractivity contribution in [1.82, 2.24) is 9.55 Å². The zero-order valence-electron chi connectivity index (χ0n) is 12.7. The number of imidazole rings is 1. The second kappa shape index (κ2) is 6.02. The molecule has 0 amide bonds. The first-order chi connectivity index (χ1) is 10.2. The number of hydrogen-bond acceptors (Lipinski definition) is 2. The first-order valence-electron chi connectivity index (χ1n) is 8.02. The van der Waals surface area contributed by atoms with Gasteiger partial charge in [-0.05, 0) is 43.6 Å². The molecule has 0 radical (unpaired) electrons. The lowest BCUT2D eigenvalue weighted by Gasteiger charge is -2.36. The zero-order chi connectivity index (χ0) is 14.7. The van der Waals surface area contributed by atoms with Gasteiger partial charge in [-0.1, -0.05) is 37.3 Å². The first kappa shape index (κ1) is 14.3. The maximum absolute atomic E-state index is 11.0. The fourth-order valence-electron chi connectivity index (χ4n) is 3.52. The van der Waals surface area contributed by atoms with Crippen molar-refractivity contribution >= 4 is 0 Å². The molecule has 1 aliphatic rings. The molecule has 1 fully saturated rings. The molecule has 1 aromatic heterocycles. The summed E-state index contributed by atoms with van der Waals surface area (Å²) in [6.45, 7) is 3.08. The summed E-state index contributed by atoms with van der Waals surface area (Å²) in [5, 5.41) is 11.0. The van der Waals surface area contributed by atoms with E-state index in [4.69, 9.17) is 0 Å². The molecular formula is C18H24N2O. The van der Waals surface area contributed by atoms with Gasteiger partial charge >= 0.3 is 0 Å². The second-order valence-corrected chi connectivity index (χ2v) is 6.16. The molecule has 0 atom stereocenters. The normalized spacial score (nSPS) is 25.9. The van der Waals surface area contributed by atoms with E-state index in [1.54, 1.807) is 0 Å². The number of nitrogens with zero attached hydrogens (tertiary/aromatic N) is 2. The minimum Gasteiger partial charge on any atom is -0.382 e. The van der Waals surface area contributed by atoms with Gasteiger partial charge in [-0.15, -0.1) is 0 Å². The Bertz CT molecular complexity index is 568. The van der Waals surface area contributed by atoms with Crippen LogP contribution >= 0.6 is 0 Å². The lowest BCUT2D eigenvalue weighted by molar-refractivity contribution is -0.0167. The highest BCUT2D eigenvalue weighted by molar-refractivity contribution is 5.21. The van der Waals surface area contributed by atoms with Crippen LogP contribution in [0.2, 0.25) is 0 Å². The Morgan fingerprint density at radius 3 is 2.62 bits per heavy atom. The summed E-state index contributed by atoms with van der Waals surface area (Å²) in [7, 11) is 0. The molecule has 21 heavy (non-hydrogen) atoms. The first-order valence-corrected chi connectivity index (χ1v) is 8.02. The summed E-state index contributed by atoms with van der Waals surface area (Å²) >= 11 is 0. The van der Waals surface area contributed by atoms with Gasteiger partial charge in [0.05, 0.1) is 0 Å². The smallest absolute Gasteiger partial charge is 0.140 e. The molecule has 1 aliphatic carbocycles. The predicted octanol–water partition coefficient (Wildman–Crippen LogP) is 3.84. The van der Waals surface area contributed by atoms with Crippen molar-refractivity contribution in [2.24, 2.45) is 0 Å². The van der Waals surface area contributed by atoms with E-state index in [-0.39, 0.29) is 0 Å². The molecule has 1 aromatic carbocycles. The minimum atomic E-state index is -0.746. The standard InChI is InChI=1S/C18H24N2O/c1-2-13-20-14-12-19-17(20)18(21)10-8-16(9-11-18)15-6-4-3-5-7-15/h3-7,12,14,16,21H,2,8-11,13H2,1H3. The van der Waals surface area contributed by atoms with Gasteiger partial charge in [0, 0.05) is 18.9 Å². The highest BCUT2D eigenvalue weighted by Gasteiger charge is 2.38. The van der Waals surface area contributed by atoms with Crippen LogP contribution in [0.5, 0.6) is 0 Å². The summed E-state index contributed by atoms with van der Waals surface area (Å²) in [5.74, 6) is 1.43. The average Bonchev–Trinajstić information content (AvgIpc) is 2.98. The Hall–Kier alpha value is -1.61. The van der Waals surface area contributed by atoms with Gasteiger partial charge in [0.25, 0.3) is 0 Å². The lowest BCUT2D eigenvalue weighted by atomic mass is 9.75. The van der Waals surface area contributed by atoms with Crippen LogP contribution in [0.4, 0.5) is 0 Å². The van der Waals surface area contributed by atoms with Crippen LogP contribution in [0.1, 0.15) is 56.3 Å². The van der Waals surface area contributed by atoms with Crippen molar-refractivity contribution in [2.75, 3.05) is 0 Å². The van der Waals surface area contributed by atoms with Gasteiger partial charge in [0.2, 0.25) is 0 Å². The molecule has 0 bridgehead atoms. The molecule has 112 valence electrons. The van der Waals surface area contributed by atoms with Crippen LogP contribution in [0.15, 0.2) is 42.7 Å². The van der Waals surface area contributed by atoms with Crippen LogP contribution in [-0.4, -0.2) is 14.7 Å². The average molecular weight is 284 g/mol. The lowest BCUT2D eigenvalue weighted by Crippen LogP contribution is -2.34. The summed E-state index contributed by atoms with van der Waals surface area (Å²) < 4.78 is 2.11. The van der Waals surface area contributed by atoms with Crippen molar-refractivity contribution in [3.05, 3.63) is 54.1 Å². The maximum Gasteiger partial charge on any atom is 0.140 e. The number of rotatable bonds is 4. The van der Waals surface area contributed by atoms with Crippen LogP contribution in [0.25, 0.3) is 0 Å². The van der Waals surface area contributed by atoms with E-state index in [1.807, 2.05) is 12.4 Å². The van der Waals surface area contributed by atoms with Gasteiger partial charge in [-0.3, -0.25) is 0 Å². The molecule has 0 spiro atoms. The Kier molecular flexibility index (Phi) is 4.11. The van der Waals surface area contributed by atoms with Crippen molar-refractivity contribution in [3.63, 3.8) is 0 Å². The Balaban J connectivity index is 1.73. The number of benzene rings is 1. The molecule has 1 saturated carbocycles. The fraction of sp³-hybridized carbons (Fsp3) is 0.500. The molecule has 0 aliphatic heterocycles. The number of aromatic nitrogens is 2. The summed E-state index contributed by atoms with van der Waals surface area (Å²) in [6.07, 6.45) is 8.51. The Labute approximate surface area is 126 Å². The zero-order valence-corrected chi connectivity index (χ0v) is 12.7. The van der Waals surface area contributed by atoms with E-state index in [2.05, 4.69) is 46.8 Å². The third kappa shape index (κ3) is 2.88. The SMILES string of the molecule is CCCn1ccnc1C1(O)CCC(c2ccccc2)CC1. The Morgan fingerprint density at radius 2 is 1.95 bits per heavy atom. The summed E-state index contributed by atoms with van der Waals surface area (Å²) in [6, 6.07) is 10.7. The van der Waals surface area contributed by atoms with Gasteiger partial charge in [0.15, 0.2) is 0 Å². The van der Waals surface area contributed by atoms with Crippen LogP contribution in [-0.2, 0) is 12.1 Å². The van der Waals surface area contributed by atoms with Crippen LogP contribution < -0.4 is 0 Å². The van der Waals surface area contributed by atoms with E-state index in [1.165, 1.54) is 5.56 Å². The highest BCUT2D eigenvalue weighted by Crippen LogP contribution is 2.42. The van der Waals surface area contributed by atoms with Crippen molar-refractivity contribution in [3.8, 4) is 0 Å². The molecular weight excluding hydrogens is 260 g/mol. The fourth-order valence-corrected chi connectivity index (χ4v) is 3.52. The predicted molar refractivity (Wildman–Crippen MR) is 84.1 cm³/mol. The molecule has 1 N–H and O–H groups in total. The van der Waals surface area contributed by atoms with Crippen molar-refractivity contribution in [1.29, 1.82) is 0 Å². The van der Waals surface area contributed by atoms with E-state index >= 15 is 0 Å². The molecule has 1 heterocycles. The van der Waals surface area contributed by atoms with Gasteiger partial charge < -0.3 is 9.67 Å². The number of aryl methyl sites for hydroxylation is 1. The quantitative estimate of drug-likeness (QED) is 0.926. The van der Waals surface area contributed by atoms with Gasteiger partial charge in [-0.2, -0.15) is 0 Å². The van der Waals surface area contributed by atoms with Crippen molar-refractivity contribution in [2.45, 2.75) is 57.1 Å². The monoisotopic (exact) mass is 284 g/mol. The summed E-state index contributed by atoms with van der Waals surface area (Å²) in [5.41, 5.74) is 0.653. The molecule has 0 saturated heterocycles. The van der Waals surface area contributed by atoms with Crippen LogP contribution in [0.3, 0.4) is 0 Å². The molecule has 0 unspecified atom stereocenters. The molecule has 2 aromatic rings. The summed E-state index contributed by atoms with van der Waals surface area (Å²) in [4.78, 5) is 4.44. The molecule has 3 rings (SSSR count). The maximum atomic E-state index is 11.0. The van der Waals surface area contributed by atoms with Crippen LogP contribution in [0, 0.1) is 0 Å². The highest BCUT2D eigenvalue weighted by atomic mass is 16.3. The second-order valence-electron chi connectivity index (χ2n) is 6.16. The van der Waals surface area contributed by atoms with E-state index in [0.29, 0.717) is 5.92 Å². The van der Waals surface area contributed by atoms with Crippen molar-refractivity contribution < 1.29 is 5.11 Å². The third-order valence-electron chi connectivity index (χ3n) is 4.68. The number of aliphatic hydroxyl groups is 1. The Morgan fingerprint density at radius 1 is 1.24 bits per heavy atom. The van der Waals surface area contributed by atoms with E-state index in [0.717, 1.165) is 44.5 Å². The van der Waals surface area contributed by atoms with E-state index < -0.39 is 5.60 Å². The van der Waals surface area contributed by atoms with Gasteiger partial charge in [-0.25, -0.2) is 4.98 Å².